The molecule has 0 aromatic heterocycles. The quantitative estimate of drug-likeness (QED) is 0.0817. The molecule has 0 N–H and O–H groups in total. The Morgan fingerprint density at radius 1 is 0.424 bits per heavy atom. The Labute approximate surface area is 211 Å². The van der Waals surface area contributed by atoms with Gasteiger partial charge in [-0.25, -0.2) is 0 Å². The molecule has 1 radical (unpaired) electrons. The van der Waals surface area contributed by atoms with Crippen LogP contribution in [0.15, 0.2) is 11.8 Å². The molecule has 0 fully saturated rings. The molecule has 0 heterocycles. The number of hydrogen-bond acceptors (Lipinski definition) is 2. The second kappa shape index (κ2) is 29.9. The van der Waals surface area contributed by atoms with E-state index in [0.717, 1.165) is 13.2 Å². The van der Waals surface area contributed by atoms with Gasteiger partial charge in [0.15, 0.2) is 0 Å². The Kier molecular flexibility index (Phi) is 29.8. The third-order valence-corrected chi connectivity index (χ3v) is 7.95. The molecule has 0 saturated carbocycles. The molecule has 0 unspecified atom stereocenters. The summed E-state index contributed by atoms with van der Waals surface area (Å²) in [6.45, 7) is 8.61. The molecule has 33 heavy (non-hydrogen) atoms. The van der Waals surface area contributed by atoms with E-state index in [2.05, 4.69) is 32.5 Å². The molecule has 0 aliphatic rings. The van der Waals surface area contributed by atoms with Gasteiger partial charge in [0.25, 0.3) is 0 Å². The second-order valence-corrected chi connectivity index (χ2v) is 11.5. The third-order valence-electron chi connectivity index (χ3n) is 6.46. The van der Waals surface area contributed by atoms with Gasteiger partial charge in [-0.2, -0.15) is 0 Å². The van der Waals surface area contributed by atoms with E-state index < -0.39 is 9.28 Å². The van der Waals surface area contributed by atoms with Gasteiger partial charge in [-0.1, -0.05) is 149 Å². The number of allylic oxidation sites excluding steroid dienone is 1. The summed E-state index contributed by atoms with van der Waals surface area (Å²) in [4.78, 5) is 0. The van der Waals surface area contributed by atoms with Crippen molar-refractivity contribution in [2.75, 3.05) is 13.2 Å². The Hall–Kier alpha value is -0.123. The summed E-state index contributed by atoms with van der Waals surface area (Å²) in [6.07, 6.45) is 33.3. The highest BCUT2D eigenvalue weighted by Crippen LogP contribution is 2.11. The summed E-state index contributed by atoms with van der Waals surface area (Å²) in [5.74, 6) is 0. The van der Waals surface area contributed by atoms with Crippen LogP contribution in [0.2, 0.25) is 0 Å². The van der Waals surface area contributed by atoms with Crippen LogP contribution >= 0.6 is 0 Å². The minimum absolute atomic E-state index is 0.877. The highest BCUT2D eigenvalue weighted by Gasteiger charge is 2.11. The number of hydrogen-bond donors (Lipinski definition) is 0. The third kappa shape index (κ3) is 28.0. The Morgan fingerprint density at radius 2 is 0.758 bits per heavy atom. The largest absolute Gasteiger partial charge is 0.415 e. The average Bonchev–Trinajstić information content (AvgIpc) is 2.83. The van der Waals surface area contributed by atoms with Gasteiger partial charge < -0.3 is 8.85 Å². The van der Waals surface area contributed by atoms with Gasteiger partial charge in [0.05, 0.1) is 0 Å². The zero-order valence-electron chi connectivity index (χ0n) is 23.1. The maximum Gasteiger partial charge on any atom is 0.415 e. The first kappa shape index (κ1) is 32.9. The molecule has 2 nitrogen and oxygen atoms in total. The fourth-order valence-corrected chi connectivity index (χ4v) is 5.50. The van der Waals surface area contributed by atoms with Crippen LogP contribution in [0.25, 0.3) is 0 Å². The minimum Gasteiger partial charge on any atom is -0.390 e. The van der Waals surface area contributed by atoms with Crippen molar-refractivity contribution < 1.29 is 8.85 Å². The van der Waals surface area contributed by atoms with E-state index in [1.54, 1.807) is 0 Å². The maximum absolute atomic E-state index is 6.21. The monoisotopic (exact) mass is 481 g/mol. The lowest BCUT2D eigenvalue weighted by Gasteiger charge is -2.12. The molecule has 0 aromatic carbocycles. The average molecular weight is 482 g/mol. The van der Waals surface area contributed by atoms with Crippen molar-refractivity contribution in [3.05, 3.63) is 11.8 Å². The van der Waals surface area contributed by atoms with Gasteiger partial charge >= 0.3 is 9.28 Å². The zero-order chi connectivity index (χ0) is 24.1. The van der Waals surface area contributed by atoms with Crippen molar-refractivity contribution in [2.45, 2.75) is 168 Å². The van der Waals surface area contributed by atoms with Gasteiger partial charge in [0.1, 0.15) is 0 Å². The van der Waals surface area contributed by atoms with E-state index >= 15 is 0 Å². The first-order valence-corrected chi connectivity index (χ1v) is 16.5. The van der Waals surface area contributed by atoms with Gasteiger partial charge in [-0.05, 0) is 31.4 Å². The van der Waals surface area contributed by atoms with E-state index in [1.165, 1.54) is 148 Å². The standard InChI is InChI=1S/C30H61O2Si/c1-4-7-10-13-16-19-22-25-28-31-33(30-27-24-21-18-15-12-9-6-3)32-29-26-23-20-17-14-11-8-5-2/h27,30H,4-26,28-29H2,1-3H3. The molecular formula is C30H61O2Si. The molecule has 0 amide bonds. The predicted molar refractivity (Wildman–Crippen MR) is 150 cm³/mol. The van der Waals surface area contributed by atoms with E-state index in [0.29, 0.717) is 0 Å². The van der Waals surface area contributed by atoms with Crippen molar-refractivity contribution >= 4 is 9.28 Å². The second-order valence-electron chi connectivity index (χ2n) is 9.92. The minimum atomic E-state index is -1.23. The molecular weight excluding hydrogens is 420 g/mol. The molecule has 0 atom stereocenters. The van der Waals surface area contributed by atoms with Crippen LogP contribution in [0.5, 0.6) is 0 Å². The van der Waals surface area contributed by atoms with Gasteiger partial charge in [-0.3, -0.25) is 0 Å². The fraction of sp³-hybridized carbons (Fsp3) is 0.933. The summed E-state index contributed by atoms with van der Waals surface area (Å²) < 4.78 is 12.4. The van der Waals surface area contributed by atoms with Crippen molar-refractivity contribution in [1.82, 2.24) is 0 Å². The van der Waals surface area contributed by atoms with E-state index in [9.17, 15) is 0 Å². The van der Waals surface area contributed by atoms with Crippen LogP contribution in [0, 0.1) is 0 Å². The van der Waals surface area contributed by atoms with Crippen molar-refractivity contribution in [3.63, 3.8) is 0 Å². The summed E-state index contributed by atoms with van der Waals surface area (Å²) in [5, 5.41) is 0. The molecule has 197 valence electrons. The van der Waals surface area contributed by atoms with Gasteiger partial charge in [-0.15, -0.1) is 0 Å². The van der Waals surface area contributed by atoms with Crippen LogP contribution in [0.4, 0.5) is 0 Å². The van der Waals surface area contributed by atoms with Crippen molar-refractivity contribution in [1.29, 1.82) is 0 Å². The van der Waals surface area contributed by atoms with Crippen LogP contribution in [-0.4, -0.2) is 22.5 Å². The maximum atomic E-state index is 6.21. The van der Waals surface area contributed by atoms with E-state index in [4.69, 9.17) is 8.85 Å². The summed E-state index contributed by atoms with van der Waals surface area (Å²) in [7, 11) is -1.23. The van der Waals surface area contributed by atoms with E-state index in [1.807, 2.05) is 0 Å². The Morgan fingerprint density at radius 3 is 1.15 bits per heavy atom. The lowest BCUT2D eigenvalue weighted by atomic mass is 10.1. The highest BCUT2D eigenvalue weighted by molar-refractivity contribution is 6.50. The molecule has 0 aliphatic heterocycles. The summed E-state index contributed by atoms with van der Waals surface area (Å²) >= 11 is 0. The Bertz CT molecular complexity index is 350. The van der Waals surface area contributed by atoms with Crippen molar-refractivity contribution in [3.8, 4) is 0 Å². The highest BCUT2D eigenvalue weighted by atomic mass is 28.3. The Balaban J connectivity index is 3.94. The summed E-state index contributed by atoms with van der Waals surface area (Å²) in [6, 6.07) is 0. The van der Waals surface area contributed by atoms with Crippen LogP contribution < -0.4 is 0 Å². The lowest BCUT2D eigenvalue weighted by molar-refractivity contribution is 0.198. The van der Waals surface area contributed by atoms with Crippen LogP contribution in [-0.2, 0) is 8.85 Å². The molecule has 0 aliphatic carbocycles. The molecule has 0 spiro atoms. The molecule has 0 saturated heterocycles. The number of unbranched alkanes of at least 4 members (excludes halogenated alkanes) is 20. The lowest BCUT2D eigenvalue weighted by Crippen LogP contribution is -2.22. The first-order chi connectivity index (χ1) is 16.3. The topological polar surface area (TPSA) is 18.5 Å². The summed E-state index contributed by atoms with van der Waals surface area (Å²) in [5.41, 5.74) is 2.28. The van der Waals surface area contributed by atoms with Crippen LogP contribution in [0.1, 0.15) is 168 Å². The van der Waals surface area contributed by atoms with E-state index in [-0.39, 0.29) is 0 Å². The van der Waals surface area contributed by atoms with Crippen molar-refractivity contribution in [2.24, 2.45) is 0 Å². The molecule has 0 aromatic rings. The molecule has 0 bridgehead atoms. The van der Waals surface area contributed by atoms with Gasteiger partial charge in [0, 0.05) is 13.2 Å². The van der Waals surface area contributed by atoms with Gasteiger partial charge in [0.2, 0.25) is 0 Å². The van der Waals surface area contributed by atoms with Crippen LogP contribution in [0.3, 0.4) is 0 Å². The molecule has 3 heteroatoms. The SMILES string of the molecule is CCCCCCCCC=C[Si](OCCCCCCCCCC)OCCCCCCCCCC. The fourth-order valence-electron chi connectivity index (χ4n) is 4.18. The predicted octanol–water partition coefficient (Wildman–Crippen LogP) is 10.6. The number of rotatable bonds is 28. The smallest absolute Gasteiger partial charge is 0.390 e. The molecule has 0 rings (SSSR count). The normalized spacial score (nSPS) is 11.9. The first-order valence-electron chi connectivity index (χ1n) is 15.1. The zero-order valence-corrected chi connectivity index (χ0v) is 24.1.